The summed E-state index contributed by atoms with van der Waals surface area (Å²) in [4.78, 5) is 15.0. The Morgan fingerprint density at radius 2 is 1.47 bits per heavy atom. The van der Waals surface area contributed by atoms with E-state index < -0.39 is 0 Å². The van der Waals surface area contributed by atoms with Crippen molar-refractivity contribution < 1.29 is 18.3 Å². The number of hydrogen-bond acceptors (Lipinski definition) is 2. The fourth-order valence-corrected chi connectivity index (χ4v) is 4.01. The summed E-state index contributed by atoms with van der Waals surface area (Å²) in [5, 5.41) is 0. The molecular weight excluding hydrogens is 384 g/mol. The summed E-state index contributed by atoms with van der Waals surface area (Å²) in [6.45, 7) is 2.20. The van der Waals surface area contributed by atoms with E-state index >= 15 is 0 Å². The van der Waals surface area contributed by atoms with Gasteiger partial charge in [-0.2, -0.15) is 0 Å². The maximum Gasteiger partial charge on any atom is 0.225 e. The van der Waals surface area contributed by atoms with Crippen LogP contribution in [0.1, 0.15) is 42.1 Å². The van der Waals surface area contributed by atoms with E-state index in [1.807, 2.05) is 37.3 Å². The Labute approximate surface area is 174 Å². The van der Waals surface area contributed by atoms with E-state index in [1.54, 1.807) is 29.2 Å². The van der Waals surface area contributed by atoms with Crippen LogP contribution in [0, 0.1) is 11.6 Å². The first kappa shape index (κ1) is 20.2. The van der Waals surface area contributed by atoms with Gasteiger partial charge >= 0.3 is 0 Å². The first-order chi connectivity index (χ1) is 14.5. The van der Waals surface area contributed by atoms with Crippen LogP contribution in [0.25, 0.3) is 0 Å². The lowest BCUT2D eigenvalue weighted by Gasteiger charge is -2.25. The molecule has 0 saturated carbocycles. The molecule has 1 amide bonds. The lowest BCUT2D eigenvalue weighted by molar-refractivity contribution is -0.133. The van der Waals surface area contributed by atoms with Crippen LogP contribution in [0.2, 0.25) is 0 Å². The summed E-state index contributed by atoms with van der Waals surface area (Å²) in [7, 11) is 0. The standard InChI is InChI=1S/C25H23F2NO2/c1-17-25(20-5-3-2-4-6-20)30-16-28(17)24(29)15-23(18-7-11-21(26)12-8-18)19-9-13-22(27)14-10-19/h2-14,17,23,25H,15-16H2,1H3/t17-,25-/m0/s1. The second kappa shape index (κ2) is 8.76. The normalized spacial score (nSPS) is 18.7. The molecule has 154 valence electrons. The number of nitrogens with zero attached hydrogens (tertiary/aromatic N) is 1. The summed E-state index contributed by atoms with van der Waals surface area (Å²) in [5.41, 5.74) is 2.65. The lowest BCUT2D eigenvalue weighted by Crippen LogP contribution is -2.36. The van der Waals surface area contributed by atoms with Crippen LogP contribution in [-0.4, -0.2) is 23.6 Å². The van der Waals surface area contributed by atoms with E-state index in [-0.39, 0.29) is 48.8 Å². The van der Waals surface area contributed by atoms with Crippen molar-refractivity contribution in [2.75, 3.05) is 6.73 Å². The minimum absolute atomic E-state index is 0.0559. The molecule has 0 aromatic heterocycles. The molecule has 30 heavy (non-hydrogen) atoms. The van der Waals surface area contributed by atoms with Gasteiger partial charge in [0, 0.05) is 12.3 Å². The summed E-state index contributed by atoms with van der Waals surface area (Å²) < 4.78 is 32.8. The highest BCUT2D eigenvalue weighted by molar-refractivity contribution is 5.78. The van der Waals surface area contributed by atoms with Gasteiger partial charge < -0.3 is 9.64 Å². The van der Waals surface area contributed by atoms with Crippen molar-refractivity contribution in [2.45, 2.75) is 31.4 Å². The van der Waals surface area contributed by atoms with Crippen molar-refractivity contribution in [2.24, 2.45) is 0 Å². The highest BCUT2D eigenvalue weighted by Gasteiger charge is 2.36. The van der Waals surface area contributed by atoms with Gasteiger partial charge in [-0.1, -0.05) is 54.6 Å². The van der Waals surface area contributed by atoms with Crippen molar-refractivity contribution in [3.63, 3.8) is 0 Å². The second-order valence-corrected chi connectivity index (χ2v) is 7.59. The molecule has 3 aromatic rings. The Morgan fingerprint density at radius 3 is 2.00 bits per heavy atom. The highest BCUT2D eigenvalue weighted by Crippen LogP contribution is 2.34. The van der Waals surface area contributed by atoms with Gasteiger partial charge in [0.25, 0.3) is 0 Å². The number of carbonyl (C=O) groups excluding carboxylic acids is 1. The van der Waals surface area contributed by atoms with Crippen LogP contribution in [0.4, 0.5) is 8.78 Å². The zero-order chi connectivity index (χ0) is 21.1. The third-order valence-electron chi connectivity index (χ3n) is 5.69. The predicted octanol–water partition coefficient (Wildman–Crippen LogP) is 5.43. The Morgan fingerprint density at radius 1 is 0.933 bits per heavy atom. The van der Waals surface area contributed by atoms with Gasteiger partial charge in [-0.3, -0.25) is 4.79 Å². The number of ether oxygens (including phenoxy) is 1. The Bertz CT molecular complexity index is 944. The summed E-state index contributed by atoms with van der Waals surface area (Å²) in [5.74, 6) is -1.04. The minimum atomic E-state index is -0.338. The van der Waals surface area contributed by atoms with E-state index in [9.17, 15) is 13.6 Å². The number of amides is 1. The third-order valence-corrected chi connectivity index (χ3v) is 5.69. The average molecular weight is 407 g/mol. The van der Waals surface area contributed by atoms with Crippen molar-refractivity contribution in [1.29, 1.82) is 0 Å². The van der Waals surface area contributed by atoms with Gasteiger partial charge in [0.15, 0.2) is 0 Å². The first-order valence-electron chi connectivity index (χ1n) is 10.00. The molecule has 1 heterocycles. The Kier molecular flexibility index (Phi) is 5.91. The smallest absolute Gasteiger partial charge is 0.225 e. The Hall–Kier alpha value is -3.05. The number of hydrogen-bond donors (Lipinski definition) is 0. The molecule has 1 aliphatic heterocycles. The second-order valence-electron chi connectivity index (χ2n) is 7.59. The first-order valence-corrected chi connectivity index (χ1v) is 10.00. The number of benzene rings is 3. The van der Waals surface area contributed by atoms with Crippen LogP contribution in [0.3, 0.4) is 0 Å². The SMILES string of the molecule is C[C@H]1[C@@H](c2ccccc2)OCN1C(=O)CC(c1ccc(F)cc1)c1ccc(F)cc1. The summed E-state index contributed by atoms with van der Waals surface area (Å²) in [6.07, 6.45) is 0.0113. The predicted molar refractivity (Wildman–Crippen MR) is 111 cm³/mol. The molecule has 0 N–H and O–H groups in total. The van der Waals surface area contributed by atoms with Crippen LogP contribution >= 0.6 is 0 Å². The number of carbonyl (C=O) groups is 1. The third kappa shape index (κ3) is 4.26. The largest absolute Gasteiger partial charge is 0.351 e. The zero-order valence-corrected chi connectivity index (χ0v) is 16.7. The molecule has 3 aromatic carbocycles. The Balaban J connectivity index is 1.56. The average Bonchev–Trinajstić information content (AvgIpc) is 3.15. The minimum Gasteiger partial charge on any atom is -0.351 e. The van der Waals surface area contributed by atoms with Gasteiger partial charge in [-0.15, -0.1) is 0 Å². The molecule has 0 radical (unpaired) electrons. The van der Waals surface area contributed by atoms with E-state index in [0.717, 1.165) is 16.7 Å². The molecule has 0 unspecified atom stereocenters. The van der Waals surface area contributed by atoms with E-state index in [2.05, 4.69) is 0 Å². The molecule has 0 aliphatic carbocycles. The maximum atomic E-state index is 13.4. The van der Waals surface area contributed by atoms with Crippen LogP contribution in [0.15, 0.2) is 78.9 Å². The number of rotatable bonds is 5. The summed E-state index contributed by atoms with van der Waals surface area (Å²) >= 11 is 0. The molecule has 5 heteroatoms. The molecule has 0 spiro atoms. The molecule has 2 atom stereocenters. The van der Waals surface area contributed by atoms with Crippen molar-refractivity contribution >= 4 is 5.91 Å². The number of halogens is 2. The summed E-state index contributed by atoms with van der Waals surface area (Å²) in [6, 6.07) is 21.9. The van der Waals surface area contributed by atoms with Crippen molar-refractivity contribution in [3.8, 4) is 0 Å². The van der Waals surface area contributed by atoms with E-state index in [1.165, 1.54) is 24.3 Å². The van der Waals surface area contributed by atoms with E-state index in [0.29, 0.717) is 0 Å². The van der Waals surface area contributed by atoms with Gasteiger partial charge in [-0.05, 0) is 47.9 Å². The molecular formula is C25H23F2NO2. The molecule has 4 rings (SSSR count). The topological polar surface area (TPSA) is 29.5 Å². The molecule has 1 aliphatic rings. The fourth-order valence-electron chi connectivity index (χ4n) is 4.01. The van der Waals surface area contributed by atoms with Crippen LogP contribution < -0.4 is 0 Å². The van der Waals surface area contributed by atoms with Crippen LogP contribution in [-0.2, 0) is 9.53 Å². The molecule has 1 fully saturated rings. The highest BCUT2D eigenvalue weighted by atomic mass is 19.1. The quantitative estimate of drug-likeness (QED) is 0.564. The fraction of sp³-hybridized carbons (Fsp3) is 0.240. The van der Waals surface area contributed by atoms with E-state index in [4.69, 9.17) is 4.74 Å². The van der Waals surface area contributed by atoms with Gasteiger partial charge in [0.1, 0.15) is 24.5 Å². The zero-order valence-electron chi connectivity index (χ0n) is 16.7. The maximum absolute atomic E-state index is 13.4. The monoisotopic (exact) mass is 407 g/mol. The van der Waals surface area contributed by atoms with Crippen molar-refractivity contribution in [1.82, 2.24) is 4.90 Å². The molecule has 0 bridgehead atoms. The van der Waals surface area contributed by atoms with Gasteiger partial charge in [0.2, 0.25) is 5.91 Å². The van der Waals surface area contributed by atoms with Crippen molar-refractivity contribution in [3.05, 3.63) is 107 Å². The van der Waals surface area contributed by atoms with Gasteiger partial charge in [0.05, 0.1) is 6.04 Å². The lowest BCUT2D eigenvalue weighted by atomic mass is 9.88. The molecule has 3 nitrogen and oxygen atoms in total. The van der Waals surface area contributed by atoms with Crippen LogP contribution in [0.5, 0.6) is 0 Å². The molecule has 1 saturated heterocycles. The van der Waals surface area contributed by atoms with Gasteiger partial charge in [-0.25, -0.2) is 8.78 Å².